The molecule has 2 rings (SSSR count). The van der Waals surface area contributed by atoms with Gasteiger partial charge in [0.05, 0.1) is 4.34 Å². The molecule has 1 fully saturated rings. The quantitative estimate of drug-likeness (QED) is 0.877. The summed E-state index contributed by atoms with van der Waals surface area (Å²) in [5.41, 5.74) is 0. The third kappa shape index (κ3) is 4.36. The second-order valence-electron chi connectivity index (χ2n) is 5.04. The van der Waals surface area contributed by atoms with E-state index >= 15 is 0 Å². The SMILES string of the molecule is O=C(NCCc1ccc(Cl)s1)N1CCCCC1CCO. The zero-order chi connectivity index (χ0) is 14.4. The van der Waals surface area contributed by atoms with Crippen molar-refractivity contribution in [3.8, 4) is 0 Å². The number of piperidine rings is 1. The van der Waals surface area contributed by atoms with E-state index in [0.717, 1.165) is 36.6 Å². The molecule has 1 unspecified atom stereocenters. The van der Waals surface area contributed by atoms with Gasteiger partial charge in [-0.05, 0) is 44.2 Å². The molecular formula is C14H21ClN2O2S. The van der Waals surface area contributed by atoms with Gasteiger partial charge in [-0.2, -0.15) is 0 Å². The molecule has 1 aliphatic heterocycles. The predicted molar refractivity (Wildman–Crippen MR) is 82.5 cm³/mol. The van der Waals surface area contributed by atoms with E-state index in [1.54, 1.807) is 11.3 Å². The van der Waals surface area contributed by atoms with Gasteiger partial charge in [0.15, 0.2) is 0 Å². The summed E-state index contributed by atoms with van der Waals surface area (Å²) >= 11 is 7.43. The Morgan fingerprint density at radius 2 is 2.35 bits per heavy atom. The molecule has 1 saturated heterocycles. The first-order valence-corrected chi connectivity index (χ1v) is 8.29. The smallest absolute Gasteiger partial charge is 0.317 e. The third-order valence-electron chi connectivity index (χ3n) is 3.63. The number of hydrogen-bond acceptors (Lipinski definition) is 3. The van der Waals surface area contributed by atoms with Crippen molar-refractivity contribution in [1.82, 2.24) is 10.2 Å². The minimum absolute atomic E-state index is 0.00852. The highest BCUT2D eigenvalue weighted by Crippen LogP contribution is 2.22. The lowest BCUT2D eigenvalue weighted by atomic mass is 10.0. The van der Waals surface area contributed by atoms with E-state index in [-0.39, 0.29) is 18.7 Å². The van der Waals surface area contributed by atoms with E-state index in [0.29, 0.717) is 13.0 Å². The molecule has 2 N–H and O–H groups in total. The van der Waals surface area contributed by atoms with Crippen LogP contribution in [0.3, 0.4) is 0 Å². The van der Waals surface area contributed by atoms with Crippen LogP contribution in [0.2, 0.25) is 4.34 Å². The van der Waals surface area contributed by atoms with Gasteiger partial charge in [-0.1, -0.05) is 11.6 Å². The first-order chi connectivity index (χ1) is 9.70. The minimum Gasteiger partial charge on any atom is -0.396 e. The van der Waals surface area contributed by atoms with E-state index in [1.807, 2.05) is 17.0 Å². The van der Waals surface area contributed by atoms with Gasteiger partial charge in [0, 0.05) is 30.6 Å². The van der Waals surface area contributed by atoms with Crippen LogP contribution in [0, 0.1) is 0 Å². The van der Waals surface area contributed by atoms with E-state index in [9.17, 15) is 4.79 Å². The van der Waals surface area contributed by atoms with Gasteiger partial charge in [-0.3, -0.25) is 0 Å². The fraction of sp³-hybridized carbons (Fsp3) is 0.643. The highest BCUT2D eigenvalue weighted by Gasteiger charge is 2.25. The normalized spacial score (nSPS) is 19.1. The molecule has 1 aromatic heterocycles. The van der Waals surface area contributed by atoms with Gasteiger partial charge < -0.3 is 15.3 Å². The van der Waals surface area contributed by atoms with Crippen molar-refractivity contribution in [3.63, 3.8) is 0 Å². The van der Waals surface area contributed by atoms with Crippen molar-refractivity contribution in [2.24, 2.45) is 0 Å². The van der Waals surface area contributed by atoms with Crippen LogP contribution in [-0.4, -0.2) is 41.8 Å². The number of thiophene rings is 1. The van der Waals surface area contributed by atoms with E-state index in [2.05, 4.69) is 5.32 Å². The van der Waals surface area contributed by atoms with Gasteiger partial charge in [-0.25, -0.2) is 4.79 Å². The number of aliphatic hydroxyl groups excluding tert-OH is 1. The van der Waals surface area contributed by atoms with Crippen LogP contribution in [0.15, 0.2) is 12.1 Å². The van der Waals surface area contributed by atoms with Crippen LogP contribution in [0.25, 0.3) is 0 Å². The lowest BCUT2D eigenvalue weighted by Gasteiger charge is -2.35. The summed E-state index contributed by atoms with van der Waals surface area (Å²) in [4.78, 5) is 15.2. The third-order valence-corrected chi connectivity index (χ3v) is 4.92. The van der Waals surface area contributed by atoms with Gasteiger partial charge in [0.2, 0.25) is 0 Å². The maximum atomic E-state index is 12.2. The van der Waals surface area contributed by atoms with Crippen molar-refractivity contribution >= 4 is 29.0 Å². The Morgan fingerprint density at radius 3 is 3.05 bits per heavy atom. The standard InChI is InChI=1S/C14H21ClN2O2S/c15-13-5-4-12(20-13)6-8-16-14(19)17-9-2-1-3-11(17)7-10-18/h4-5,11,18H,1-3,6-10H2,(H,16,19). The summed E-state index contributed by atoms with van der Waals surface area (Å²) in [7, 11) is 0. The number of nitrogens with zero attached hydrogens (tertiary/aromatic N) is 1. The Labute approximate surface area is 128 Å². The number of likely N-dealkylation sites (tertiary alicyclic amines) is 1. The van der Waals surface area contributed by atoms with E-state index < -0.39 is 0 Å². The van der Waals surface area contributed by atoms with Crippen LogP contribution in [0.1, 0.15) is 30.6 Å². The monoisotopic (exact) mass is 316 g/mol. The number of halogens is 1. The molecule has 1 aromatic rings. The minimum atomic E-state index is -0.00852. The summed E-state index contributed by atoms with van der Waals surface area (Å²) in [5, 5.41) is 12.0. The summed E-state index contributed by atoms with van der Waals surface area (Å²) in [6.45, 7) is 1.56. The summed E-state index contributed by atoms with van der Waals surface area (Å²) in [6.07, 6.45) is 4.67. The average molecular weight is 317 g/mol. The number of rotatable bonds is 5. The Morgan fingerprint density at radius 1 is 1.50 bits per heavy atom. The molecule has 0 spiro atoms. The number of carbonyl (C=O) groups is 1. The van der Waals surface area contributed by atoms with Crippen LogP contribution in [-0.2, 0) is 6.42 Å². The predicted octanol–water partition coefficient (Wildman–Crippen LogP) is 2.89. The van der Waals surface area contributed by atoms with Crippen molar-refractivity contribution in [2.75, 3.05) is 19.7 Å². The zero-order valence-corrected chi connectivity index (χ0v) is 13.1. The summed E-state index contributed by atoms with van der Waals surface area (Å²) in [5.74, 6) is 0. The molecule has 0 radical (unpaired) electrons. The van der Waals surface area contributed by atoms with E-state index in [4.69, 9.17) is 16.7 Å². The second kappa shape index (κ2) is 7.86. The molecule has 1 aliphatic rings. The largest absolute Gasteiger partial charge is 0.396 e. The molecule has 1 atom stereocenters. The lowest BCUT2D eigenvalue weighted by molar-refractivity contribution is 0.132. The molecule has 2 heterocycles. The van der Waals surface area contributed by atoms with Crippen molar-refractivity contribution in [1.29, 1.82) is 0 Å². The Bertz CT molecular complexity index is 437. The topological polar surface area (TPSA) is 52.6 Å². The maximum absolute atomic E-state index is 12.2. The van der Waals surface area contributed by atoms with Crippen molar-refractivity contribution in [2.45, 2.75) is 38.1 Å². The van der Waals surface area contributed by atoms with Crippen LogP contribution >= 0.6 is 22.9 Å². The van der Waals surface area contributed by atoms with Gasteiger partial charge >= 0.3 is 6.03 Å². The first-order valence-electron chi connectivity index (χ1n) is 7.10. The Kier molecular flexibility index (Phi) is 6.13. The number of hydrogen-bond donors (Lipinski definition) is 2. The number of nitrogens with one attached hydrogen (secondary N) is 1. The van der Waals surface area contributed by atoms with Gasteiger partial charge in [0.25, 0.3) is 0 Å². The lowest BCUT2D eigenvalue weighted by Crippen LogP contribution is -2.49. The molecule has 0 aromatic carbocycles. The Hall–Kier alpha value is -0.780. The highest BCUT2D eigenvalue weighted by molar-refractivity contribution is 7.16. The molecule has 0 aliphatic carbocycles. The molecule has 2 amide bonds. The van der Waals surface area contributed by atoms with Gasteiger partial charge in [0.1, 0.15) is 0 Å². The number of amides is 2. The van der Waals surface area contributed by atoms with Crippen LogP contribution < -0.4 is 5.32 Å². The summed E-state index contributed by atoms with van der Waals surface area (Å²) < 4.78 is 0.783. The van der Waals surface area contributed by atoms with Crippen molar-refractivity contribution in [3.05, 3.63) is 21.3 Å². The number of carbonyl (C=O) groups excluding carboxylic acids is 1. The molecule has 0 saturated carbocycles. The highest BCUT2D eigenvalue weighted by atomic mass is 35.5. The fourth-order valence-electron chi connectivity index (χ4n) is 2.60. The number of urea groups is 1. The molecule has 20 heavy (non-hydrogen) atoms. The zero-order valence-electron chi connectivity index (χ0n) is 11.5. The fourth-order valence-corrected chi connectivity index (χ4v) is 3.68. The maximum Gasteiger partial charge on any atom is 0.317 e. The van der Waals surface area contributed by atoms with Crippen LogP contribution in [0.4, 0.5) is 4.79 Å². The van der Waals surface area contributed by atoms with Crippen LogP contribution in [0.5, 0.6) is 0 Å². The first kappa shape index (κ1) is 15.6. The molecule has 112 valence electrons. The van der Waals surface area contributed by atoms with Crippen molar-refractivity contribution < 1.29 is 9.90 Å². The van der Waals surface area contributed by atoms with E-state index in [1.165, 1.54) is 4.88 Å². The molecule has 4 nitrogen and oxygen atoms in total. The Balaban J connectivity index is 1.77. The average Bonchev–Trinajstić information content (AvgIpc) is 2.85. The second-order valence-corrected chi connectivity index (χ2v) is 6.84. The number of aliphatic hydroxyl groups is 1. The van der Waals surface area contributed by atoms with Gasteiger partial charge in [-0.15, -0.1) is 11.3 Å². The molecular weight excluding hydrogens is 296 g/mol. The molecule has 0 bridgehead atoms. The molecule has 6 heteroatoms. The summed E-state index contributed by atoms with van der Waals surface area (Å²) in [6, 6.07) is 4.05.